The Kier molecular flexibility index (Phi) is 1.43. The van der Waals surface area contributed by atoms with Crippen LogP contribution in [0.2, 0.25) is 0 Å². The second-order valence-electron chi connectivity index (χ2n) is 4.00. The molecule has 0 unspecified atom stereocenters. The number of ether oxygens (including phenoxy) is 2. The maximum atomic E-state index is 11.6. The molecule has 0 spiro atoms. The fraction of sp³-hybridized carbons (Fsp3) is 0.750. The van der Waals surface area contributed by atoms with Crippen molar-refractivity contribution in [3.63, 3.8) is 0 Å². The molecule has 3 fully saturated rings. The van der Waals surface area contributed by atoms with Crippen LogP contribution in [0, 0.1) is 5.92 Å². The largest absolute Gasteiger partial charge is 0.457 e. The van der Waals surface area contributed by atoms with E-state index >= 15 is 0 Å². The van der Waals surface area contributed by atoms with Crippen LogP contribution in [0.5, 0.6) is 0 Å². The van der Waals surface area contributed by atoms with Gasteiger partial charge in [0.15, 0.2) is 10.8 Å². The highest BCUT2D eigenvalue weighted by Crippen LogP contribution is 2.39. The number of hydrogen-bond acceptors (Lipinski definition) is 4. The van der Waals surface area contributed by atoms with Crippen LogP contribution < -0.4 is 10.6 Å². The van der Waals surface area contributed by atoms with Gasteiger partial charge in [0.25, 0.3) is 0 Å². The molecule has 76 valence electrons. The number of thiocarbonyl (C=S) groups is 1. The minimum atomic E-state index is -0.697. The van der Waals surface area contributed by atoms with Crippen molar-refractivity contribution >= 4 is 23.3 Å². The molecule has 3 rings (SSSR count). The van der Waals surface area contributed by atoms with Gasteiger partial charge < -0.3 is 20.1 Å². The zero-order valence-electron chi connectivity index (χ0n) is 7.57. The average molecular weight is 214 g/mol. The van der Waals surface area contributed by atoms with Gasteiger partial charge in [-0.2, -0.15) is 0 Å². The smallest absolute Gasteiger partial charge is 0.316 e. The maximum Gasteiger partial charge on any atom is 0.316 e. The van der Waals surface area contributed by atoms with Crippen molar-refractivity contribution in [1.82, 2.24) is 10.6 Å². The fourth-order valence-electron chi connectivity index (χ4n) is 2.41. The van der Waals surface area contributed by atoms with E-state index in [1.165, 1.54) is 0 Å². The molecule has 5 nitrogen and oxygen atoms in total. The normalized spacial score (nSPS) is 49.4. The Morgan fingerprint density at radius 2 is 2.43 bits per heavy atom. The number of nitrogens with one attached hydrogen (secondary N) is 2. The maximum absolute atomic E-state index is 11.6. The highest BCUT2D eigenvalue weighted by Gasteiger charge is 2.61. The number of hydrogen-bond donors (Lipinski definition) is 2. The summed E-state index contributed by atoms with van der Waals surface area (Å²) >= 11 is 5.04. The highest BCUT2D eigenvalue weighted by molar-refractivity contribution is 7.80. The molecule has 0 saturated carbocycles. The van der Waals surface area contributed by atoms with Gasteiger partial charge >= 0.3 is 5.97 Å². The Balaban J connectivity index is 2.06. The molecule has 3 heterocycles. The minimum absolute atomic E-state index is 0.0324. The van der Waals surface area contributed by atoms with Gasteiger partial charge in [-0.15, -0.1) is 0 Å². The zero-order chi connectivity index (χ0) is 9.92. The van der Waals surface area contributed by atoms with Crippen LogP contribution in [0.25, 0.3) is 0 Å². The second kappa shape index (κ2) is 2.38. The molecule has 0 amide bonds. The zero-order valence-corrected chi connectivity index (χ0v) is 8.39. The van der Waals surface area contributed by atoms with Gasteiger partial charge in [0, 0.05) is 0 Å². The predicted molar refractivity (Wildman–Crippen MR) is 50.4 cm³/mol. The van der Waals surface area contributed by atoms with E-state index in [0.29, 0.717) is 11.7 Å². The van der Waals surface area contributed by atoms with E-state index in [4.69, 9.17) is 21.7 Å². The van der Waals surface area contributed by atoms with Gasteiger partial charge in [-0.3, -0.25) is 4.79 Å². The van der Waals surface area contributed by atoms with Crippen LogP contribution in [0.3, 0.4) is 0 Å². The van der Waals surface area contributed by atoms with E-state index in [-0.39, 0.29) is 24.0 Å². The molecule has 3 aliphatic heterocycles. The third-order valence-corrected chi connectivity index (χ3v) is 3.30. The standard InChI is InChI=1S/C8H10N2O3S/c1-8-4-5(9-7(14)10-8)3(2-12-8)13-6(4)11/h3-5H,2H2,1H3,(H2,9,10,14)/t3-,4+,5+,8-/m1/s1. The number of carbonyl (C=O) groups excluding carboxylic acids is 1. The molecule has 3 aliphatic rings. The fourth-order valence-corrected chi connectivity index (χ4v) is 2.75. The average Bonchev–Trinajstić information content (AvgIpc) is 2.31. The van der Waals surface area contributed by atoms with E-state index < -0.39 is 5.72 Å². The van der Waals surface area contributed by atoms with Crippen molar-refractivity contribution in [2.75, 3.05) is 6.61 Å². The first kappa shape index (κ1) is 8.43. The number of esters is 1. The topological polar surface area (TPSA) is 59.6 Å². The first-order valence-corrected chi connectivity index (χ1v) is 4.94. The lowest BCUT2D eigenvalue weighted by Crippen LogP contribution is -2.72. The summed E-state index contributed by atoms with van der Waals surface area (Å²) in [6.07, 6.45) is -0.194. The van der Waals surface area contributed by atoms with E-state index in [1.54, 1.807) is 0 Å². The van der Waals surface area contributed by atoms with E-state index in [9.17, 15) is 4.79 Å². The molecule has 4 bridgehead atoms. The monoisotopic (exact) mass is 214 g/mol. The van der Waals surface area contributed by atoms with E-state index in [2.05, 4.69) is 10.6 Å². The second-order valence-corrected chi connectivity index (χ2v) is 4.40. The Hall–Kier alpha value is -0.880. The Morgan fingerprint density at radius 3 is 3.21 bits per heavy atom. The summed E-state index contributed by atoms with van der Waals surface area (Å²) in [4.78, 5) is 11.6. The molecule has 14 heavy (non-hydrogen) atoms. The summed E-state index contributed by atoms with van der Waals surface area (Å²) in [6, 6.07) is -0.0324. The van der Waals surface area contributed by atoms with E-state index in [1.807, 2.05) is 6.92 Å². The first-order chi connectivity index (χ1) is 6.60. The number of carbonyl (C=O) groups is 1. The van der Waals surface area contributed by atoms with Crippen molar-refractivity contribution in [1.29, 1.82) is 0 Å². The van der Waals surface area contributed by atoms with Crippen LogP contribution in [0.15, 0.2) is 0 Å². The molecule has 0 aliphatic carbocycles. The predicted octanol–water partition coefficient (Wildman–Crippen LogP) is -0.879. The van der Waals surface area contributed by atoms with Gasteiger partial charge in [-0.25, -0.2) is 0 Å². The van der Waals surface area contributed by atoms with Crippen molar-refractivity contribution in [2.45, 2.75) is 24.8 Å². The van der Waals surface area contributed by atoms with Crippen LogP contribution in [0.4, 0.5) is 0 Å². The van der Waals surface area contributed by atoms with Crippen molar-refractivity contribution < 1.29 is 14.3 Å². The van der Waals surface area contributed by atoms with Gasteiger partial charge in [0.05, 0.1) is 12.6 Å². The van der Waals surface area contributed by atoms with Crippen molar-refractivity contribution in [2.24, 2.45) is 5.92 Å². The summed E-state index contributed by atoms with van der Waals surface area (Å²) in [7, 11) is 0. The van der Waals surface area contributed by atoms with Crippen LogP contribution in [-0.2, 0) is 14.3 Å². The lowest BCUT2D eigenvalue weighted by molar-refractivity contribution is -0.148. The first-order valence-electron chi connectivity index (χ1n) is 4.53. The summed E-state index contributed by atoms with van der Waals surface area (Å²) in [5, 5.41) is 6.56. The van der Waals surface area contributed by atoms with Crippen LogP contribution in [-0.4, -0.2) is 35.6 Å². The lowest BCUT2D eigenvalue weighted by atomic mass is 9.85. The van der Waals surface area contributed by atoms with Gasteiger partial charge in [-0.05, 0) is 19.1 Å². The third-order valence-electron chi connectivity index (χ3n) is 3.08. The lowest BCUT2D eigenvalue weighted by Gasteiger charge is -2.46. The van der Waals surface area contributed by atoms with Crippen molar-refractivity contribution in [3.8, 4) is 0 Å². The molecular formula is C8H10N2O3S. The number of rotatable bonds is 0. The van der Waals surface area contributed by atoms with Crippen LogP contribution >= 0.6 is 12.2 Å². The van der Waals surface area contributed by atoms with E-state index in [0.717, 1.165) is 0 Å². The van der Waals surface area contributed by atoms with Gasteiger partial charge in [-0.1, -0.05) is 0 Å². The van der Waals surface area contributed by atoms with Gasteiger partial charge in [0.2, 0.25) is 0 Å². The molecule has 0 aromatic heterocycles. The highest BCUT2D eigenvalue weighted by atomic mass is 32.1. The Bertz CT molecular complexity index is 335. The van der Waals surface area contributed by atoms with Gasteiger partial charge in [0.1, 0.15) is 12.0 Å². The van der Waals surface area contributed by atoms with Crippen LogP contribution in [0.1, 0.15) is 6.92 Å². The molecule has 0 aromatic carbocycles. The summed E-state index contributed by atoms with van der Waals surface area (Å²) < 4.78 is 10.8. The molecule has 3 saturated heterocycles. The quantitative estimate of drug-likeness (QED) is 0.403. The summed E-state index contributed by atoms with van der Waals surface area (Å²) in [6.45, 7) is 2.26. The van der Waals surface area contributed by atoms with Crippen molar-refractivity contribution in [3.05, 3.63) is 0 Å². The molecular weight excluding hydrogens is 204 g/mol. The molecule has 0 radical (unpaired) electrons. The third kappa shape index (κ3) is 0.873. The Labute approximate surface area is 86.1 Å². The summed E-state index contributed by atoms with van der Waals surface area (Å²) in [5.41, 5.74) is -0.697. The molecule has 4 atom stereocenters. The molecule has 6 heteroatoms. The Morgan fingerprint density at radius 1 is 1.64 bits per heavy atom. The minimum Gasteiger partial charge on any atom is -0.457 e. The molecule has 0 aromatic rings. The SMILES string of the molecule is C[C@]12NC(=S)N[C@@H]3[C@H]1C(=O)O[C@@H]3CO2. The summed E-state index contributed by atoms with van der Waals surface area (Å²) in [5.74, 6) is -0.504. The molecule has 2 N–H and O–H groups in total.